The molecule has 0 aromatic carbocycles. The Balaban J connectivity index is 1.71. The van der Waals surface area contributed by atoms with Crippen molar-refractivity contribution in [2.24, 2.45) is 0 Å². The van der Waals surface area contributed by atoms with Crippen molar-refractivity contribution in [3.63, 3.8) is 0 Å². The van der Waals surface area contributed by atoms with Crippen LogP contribution in [0.3, 0.4) is 0 Å². The molecule has 2 rings (SSSR count). The molecule has 0 spiro atoms. The first-order chi connectivity index (χ1) is 8.24. The van der Waals surface area contributed by atoms with E-state index in [0.29, 0.717) is 19.4 Å². The van der Waals surface area contributed by atoms with Crippen LogP contribution < -0.4 is 5.32 Å². The second kappa shape index (κ2) is 6.02. The maximum Gasteiger partial charge on any atom is 0.220 e. The van der Waals surface area contributed by atoms with Gasteiger partial charge in [0.2, 0.25) is 5.91 Å². The fourth-order valence-electron chi connectivity index (χ4n) is 1.42. The number of carbonyl (C=O) groups is 1. The third-order valence-electron chi connectivity index (χ3n) is 2.29. The molecule has 0 atom stereocenters. The highest BCUT2D eigenvalue weighted by atomic mass is 79.9. The van der Waals surface area contributed by atoms with E-state index in [9.17, 15) is 4.79 Å². The molecule has 0 bridgehead atoms. The van der Waals surface area contributed by atoms with Crippen LogP contribution in [0.4, 0.5) is 0 Å². The van der Waals surface area contributed by atoms with Crippen LogP contribution in [0.2, 0.25) is 0 Å². The Labute approximate surface area is 112 Å². The molecule has 0 radical (unpaired) electrons. The normalized spacial score (nSPS) is 10.4. The van der Waals surface area contributed by atoms with Gasteiger partial charge in [0, 0.05) is 19.4 Å². The highest BCUT2D eigenvalue weighted by molar-refractivity contribution is 9.11. The zero-order valence-electron chi connectivity index (χ0n) is 9.11. The van der Waals surface area contributed by atoms with Crippen LogP contribution in [-0.2, 0) is 17.8 Å². The first-order valence-electron chi connectivity index (χ1n) is 5.26. The van der Waals surface area contributed by atoms with Gasteiger partial charge in [-0.2, -0.15) is 0 Å². The summed E-state index contributed by atoms with van der Waals surface area (Å²) in [5, 5.41) is 4.90. The SMILES string of the molecule is O=C(CCc1ccco1)NCc1csc(Br)c1. The summed E-state index contributed by atoms with van der Waals surface area (Å²) in [6, 6.07) is 5.72. The molecule has 90 valence electrons. The van der Waals surface area contributed by atoms with E-state index in [-0.39, 0.29) is 5.91 Å². The van der Waals surface area contributed by atoms with Gasteiger partial charge in [-0.05, 0) is 45.1 Å². The van der Waals surface area contributed by atoms with E-state index in [1.54, 1.807) is 17.6 Å². The van der Waals surface area contributed by atoms with Gasteiger partial charge in [-0.15, -0.1) is 11.3 Å². The van der Waals surface area contributed by atoms with E-state index in [1.165, 1.54) is 0 Å². The highest BCUT2D eigenvalue weighted by Crippen LogP contribution is 2.20. The molecule has 0 saturated carbocycles. The molecule has 2 aromatic heterocycles. The van der Waals surface area contributed by atoms with Gasteiger partial charge in [0.1, 0.15) is 5.76 Å². The topological polar surface area (TPSA) is 42.2 Å². The molecule has 2 heterocycles. The van der Waals surface area contributed by atoms with Crippen LogP contribution in [-0.4, -0.2) is 5.91 Å². The third-order valence-corrected chi connectivity index (χ3v) is 3.84. The number of hydrogen-bond donors (Lipinski definition) is 1. The standard InChI is InChI=1S/C12H12BrNO2S/c13-11-6-9(8-17-11)7-14-12(15)4-3-10-2-1-5-16-10/h1-2,5-6,8H,3-4,7H2,(H,14,15). The van der Waals surface area contributed by atoms with Crippen LogP contribution >= 0.6 is 27.3 Å². The number of aryl methyl sites for hydroxylation is 1. The Morgan fingerprint density at radius 3 is 3.06 bits per heavy atom. The third kappa shape index (κ3) is 4.02. The minimum atomic E-state index is 0.0451. The molecule has 5 heteroatoms. The van der Waals surface area contributed by atoms with Gasteiger partial charge in [0.25, 0.3) is 0 Å². The Morgan fingerprint density at radius 1 is 1.53 bits per heavy atom. The number of halogens is 1. The Morgan fingerprint density at radius 2 is 2.41 bits per heavy atom. The number of amides is 1. The molecule has 1 N–H and O–H groups in total. The molecular weight excluding hydrogens is 302 g/mol. The average molecular weight is 314 g/mol. The lowest BCUT2D eigenvalue weighted by atomic mass is 10.2. The van der Waals surface area contributed by atoms with Gasteiger partial charge in [-0.1, -0.05) is 0 Å². The minimum Gasteiger partial charge on any atom is -0.469 e. The van der Waals surface area contributed by atoms with Gasteiger partial charge in [0.15, 0.2) is 0 Å². The van der Waals surface area contributed by atoms with Gasteiger partial charge in [-0.25, -0.2) is 0 Å². The highest BCUT2D eigenvalue weighted by Gasteiger charge is 2.04. The van der Waals surface area contributed by atoms with Gasteiger partial charge in [-0.3, -0.25) is 4.79 Å². The monoisotopic (exact) mass is 313 g/mol. The van der Waals surface area contributed by atoms with Crippen molar-refractivity contribution < 1.29 is 9.21 Å². The first-order valence-corrected chi connectivity index (χ1v) is 6.93. The Hall–Kier alpha value is -1.07. The summed E-state index contributed by atoms with van der Waals surface area (Å²) >= 11 is 5.01. The minimum absolute atomic E-state index is 0.0451. The smallest absolute Gasteiger partial charge is 0.220 e. The zero-order valence-corrected chi connectivity index (χ0v) is 11.5. The maximum atomic E-state index is 11.6. The van der Waals surface area contributed by atoms with E-state index in [2.05, 4.69) is 21.2 Å². The average Bonchev–Trinajstić information content (AvgIpc) is 2.95. The zero-order chi connectivity index (χ0) is 12.1. The molecular formula is C12H12BrNO2S. The molecule has 0 aliphatic rings. The second-order valence-corrected chi connectivity index (χ2v) is 5.91. The van der Waals surface area contributed by atoms with Crippen molar-refractivity contribution in [1.82, 2.24) is 5.32 Å². The summed E-state index contributed by atoms with van der Waals surface area (Å²) in [5.74, 6) is 0.891. The number of carbonyl (C=O) groups excluding carboxylic acids is 1. The Bertz CT molecular complexity index is 478. The molecule has 0 unspecified atom stereocenters. The number of furan rings is 1. The predicted molar refractivity (Wildman–Crippen MR) is 70.9 cm³/mol. The molecule has 2 aromatic rings. The van der Waals surface area contributed by atoms with Crippen LogP contribution in [0.25, 0.3) is 0 Å². The van der Waals surface area contributed by atoms with Crippen molar-refractivity contribution in [3.8, 4) is 0 Å². The number of rotatable bonds is 5. The quantitative estimate of drug-likeness (QED) is 0.919. The largest absolute Gasteiger partial charge is 0.469 e. The summed E-state index contributed by atoms with van der Waals surface area (Å²) in [6.07, 6.45) is 2.72. The van der Waals surface area contributed by atoms with E-state index in [4.69, 9.17) is 4.42 Å². The van der Waals surface area contributed by atoms with E-state index >= 15 is 0 Å². The molecule has 3 nitrogen and oxygen atoms in total. The Kier molecular flexibility index (Phi) is 4.39. The molecule has 1 amide bonds. The molecule has 0 saturated heterocycles. The summed E-state index contributed by atoms with van der Waals surface area (Å²) < 4.78 is 6.25. The lowest BCUT2D eigenvalue weighted by molar-refractivity contribution is -0.121. The van der Waals surface area contributed by atoms with E-state index < -0.39 is 0 Å². The molecule has 17 heavy (non-hydrogen) atoms. The van der Waals surface area contributed by atoms with Gasteiger partial charge < -0.3 is 9.73 Å². The first kappa shape index (κ1) is 12.4. The van der Waals surface area contributed by atoms with Crippen molar-refractivity contribution in [2.75, 3.05) is 0 Å². The van der Waals surface area contributed by atoms with Crippen molar-refractivity contribution >= 4 is 33.2 Å². The molecule has 0 aliphatic carbocycles. The van der Waals surface area contributed by atoms with E-state index in [1.807, 2.05) is 23.6 Å². The number of thiophene rings is 1. The summed E-state index contributed by atoms with van der Waals surface area (Å²) in [4.78, 5) is 11.6. The fraction of sp³-hybridized carbons (Fsp3) is 0.250. The lowest BCUT2D eigenvalue weighted by Crippen LogP contribution is -2.22. The number of nitrogens with one attached hydrogen (secondary N) is 1. The van der Waals surface area contributed by atoms with Crippen LogP contribution in [0.5, 0.6) is 0 Å². The molecule has 0 aliphatic heterocycles. The summed E-state index contributed by atoms with van der Waals surface area (Å²) in [6.45, 7) is 0.582. The van der Waals surface area contributed by atoms with Gasteiger partial charge >= 0.3 is 0 Å². The van der Waals surface area contributed by atoms with Crippen molar-refractivity contribution in [2.45, 2.75) is 19.4 Å². The van der Waals surface area contributed by atoms with Gasteiger partial charge in [0.05, 0.1) is 10.0 Å². The fourth-order valence-corrected chi connectivity index (χ4v) is 2.63. The maximum absolute atomic E-state index is 11.6. The van der Waals surface area contributed by atoms with Crippen LogP contribution in [0, 0.1) is 0 Å². The predicted octanol–water partition coefficient (Wildman–Crippen LogP) is 3.35. The van der Waals surface area contributed by atoms with Crippen molar-refractivity contribution in [3.05, 3.63) is 45.0 Å². The lowest BCUT2D eigenvalue weighted by Gasteiger charge is -2.02. The summed E-state index contributed by atoms with van der Waals surface area (Å²) in [7, 11) is 0. The van der Waals surface area contributed by atoms with Crippen LogP contribution in [0.15, 0.2) is 38.0 Å². The summed E-state index contributed by atoms with van der Waals surface area (Å²) in [5.41, 5.74) is 1.12. The van der Waals surface area contributed by atoms with Crippen molar-refractivity contribution in [1.29, 1.82) is 0 Å². The number of hydrogen-bond acceptors (Lipinski definition) is 3. The van der Waals surface area contributed by atoms with E-state index in [0.717, 1.165) is 15.1 Å². The molecule has 0 fully saturated rings. The second-order valence-electron chi connectivity index (χ2n) is 3.62. The van der Waals surface area contributed by atoms with Crippen LogP contribution in [0.1, 0.15) is 17.7 Å².